The minimum absolute atomic E-state index is 0.122. The number of alkyl halides is 3. The molecule has 0 saturated heterocycles. The molecule has 204 valence electrons. The molecular formula is C24H24F3N3O6S2. The molecule has 0 saturated carbocycles. The van der Waals surface area contributed by atoms with Crippen LogP contribution in [0.15, 0.2) is 82.6 Å². The molecule has 0 radical (unpaired) electrons. The van der Waals surface area contributed by atoms with Crippen molar-refractivity contribution in [3.05, 3.63) is 83.9 Å². The third-order valence-corrected chi connectivity index (χ3v) is 8.36. The van der Waals surface area contributed by atoms with Crippen molar-refractivity contribution in [3.63, 3.8) is 0 Å². The third kappa shape index (κ3) is 7.46. The average molecular weight is 572 g/mol. The van der Waals surface area contributed by atoms with Crippen LogP contribution in [0.5, 0.6) is 5.75 Å². The number of benzene rings is 3. The highest BCUT2D eigenvalue weighted by molar-refractivity contribution is 7.92. The van der Waals surface area contributed by atoms with E-state index in [0.29, 0.717) is 11.6 Å². The summed E-state index contributed by atoms with van der Waals surface area (Å²) in [6, 6.07) is 14.8. The maximum absolute atomic E-state index is 12.9. The second-order valence-corrected chi connectivity index (χ2v) is 12.0. The van der Waals surface area contributed by atoms with Gasteiger partial charge in [-0.1, -0.05) is 18.2 Å². The lowest BCUT2D eigenvalue weighted by molar-refractivity contribution is -0.137. The largest absolute Gasteiger partial charge is 0.484 e. The van der Waals surface area contributed by atoms with Crippen LogP contribution in [0, 0.1) is 0 Å². The van der Waals surface area contributed by atoms with Gasteiger partial charge in [0, 0.05) is 26.3 Å². The lowest BCUT2D eigenvalue weighted by Crippen LogP contribution is -2.28. The van der Waals surface area contributed by atoms with Crippen molar-refractivity contribution in [3.8, 4) is 5.75 Å². The number of nitrogens with one attached hydrogen (secondary N) is 2. The van der Waals surface area contributed by atoms with Crippen LogP contribution in [-0.4, -0.2) is 47.8 Å². The molecule has 0 heterocycles. The van der Waals surface area contributed by atoms with Crippen molar-refractivity contribution < 1.29 is 39.5 Å². The predicted molar refractivity (Wildman–Crippen MR) is 133 cm³/mol. The van der Waals surface area contributed by atoms with Crippen LogP contribution in [0.4, 0.5) is 18.9 Å². The topological polar surface area (TPSA) is 122 Å². The van der Waals surface area contributed by atoms with Gasteiger partial charge in [-0.3, -0.25) is 9.52 Å². The second-order valence-electron chi connectivity index (χ2n) is 8.15. The van der Waals surface area contributed by atoms with Crippen molar-refractivity contribution in [1.29, 1.82) is 0 Å². The van der Waals surface area contributed by atoms with Gasteiger partial charge < -0.3 is 10.1 Å². The Bertz CT molecular complexity index is 1490. The number of nitrogens with zero attached hydrogens (tertiary/aromatic N) is 1. The number of rotatable bonds is 10. The first-order valence-corrected chi connectivity index (χ1v) is 13.8. The zero-order valence-electron chi connectivity index (χ0n) is 20.2. The zero-order chi connectivity index (χ0) is 28.1. The molecule has 3 rings (SSSR count). The lowest BCUT2D eigenvalue weighted by atomic mass is 10.2. The van der Waals surface area contributed by atoms with E-state index in [0.717, 1.165) is 16.4 Å². The van der Waals surface area contributed by atoms with Crippen molar-refractivity contribution in [2.75, 3.05) is 25.4 Å². The summed E-state index contributed by atoms with van der Waals surface area (Å²) < 4.78 is 96.4. The van der Waals surface area contributed by atoms with Crippen molar-refractivity contribution in [2.45, 2.75) is 22.5 Å². The summed E-state index contributed by atoms with van der Waals surface area (Å²) in [6.45, 7) is -0.245. The van der Waals surface area contributed by atoms with Gasteiger partial charge in [-0.25, -0.2) is 21.1 Å². The molecule has 0 aliphatic heterocycles. The molecule has 1 amide bonds. The third-order valence-electron chi connectivity index (χ3n) is 5.14. The second kappa shape index (κ2) is 11.4. The highest BCUT2D eigenvalue weighted by Gasteiger charge is 2.30. The standard InChI is InChI=1S/C24H24F3N3O6S2/c1-30(2)38(34,35)22-10-6-17(7-11-22)15-28-23(31)16-36-20-8-12-21(13-9-20)37(32,33)29-19-5-3-4-18(14-19)24(25,26)27/h3-14,29H,15-16H2,1-2H3,(H,28,31). The molecule has 0 bridgehead atoms. The number of halogens is 3. The van der Waals surface area contributed by atoms with Gasteiger partial charge in [-0.05, 0) is 60.2 Å². The lowest BCUT2D eigenvalue weighted by Gasteiger charge is -2.12. The normalized spacial score (nSPS) is 12.3. The molecule has 14 heteroatoms. The van der Waals surface area contributed by atoms with E-state index in [1.54, 1.807) is 12.1 Å². The maximum atomic E-state index is 12.9. The van der Waals surface area contributed by atoms with E-state index in [9.17, 15) is 34.8 Å². The van der Waals surface area contributed by atoms with E-state index >= 15 is 0 Å². The van der Waals surface area contributed by atoms with Gasteiger partial charge in [0.2, 0.25) is 10.0 Å². The fourth-order valence-corrected chi connectivity index (χ4v) is 5.03. The number of hydrogen-bond acceptors (Lipinski definition) is 6. The van der Waals surface area contributed by atoms with Crippen LogP contribution in [0.3, 0.4) is 0 Å². The Morgan fingerprint density at radius 3 is 2.08 bits per heavy atom. The fraction of sp³-hybridized carbons (Fsp3) is 0.208. The van der Waals surface area contributed by atoms with Gasteiger partial charge in [-0.15, -0.1) is 0 Å². The smallest absolute Gasteiger partial charge is 0.416 e. The molecule has 0 aromatic heterocycles. The van der Waals surface area contributed by atoms with Gasteiger partial charge in [0.05, 0.1) is 15.4 Å². The summed E-state index contributed by atoms with van der Waals surface area (Å²) in [4.78, 5) is 12.0. The van der Waals surface area contributed by atoms with Crippen LogP contribution < -0.4 is 14.8 Å². The highest BCUT2D eigenvalue weighted by atomic mass is 32.2. The van der Waals surface area contributed by atoms with Crippen molar-refractivity contribution in [1.82, 2.24) is 9.62 Å². The average Bonchev–Trinajstić information content (AvgIpc) is 2.86. The maximum Gasteiger partial charge on any atom is 0.416 e. The molecule has 3 aromatic carbocycles. The van der Waals surface area contributed by atoms with Crippen LogP contribution in [0.1, 0.15) is 11.1 Å². The monoisotopic (exact) mass is 571 g/mol. The minimum atomic E-state index is -4.62. The van der Waals surface area contributed by atoms with E-state index in [4.69, 9.17) is 4.74 Å². The molecule has 0 atom stereocenters. The van der Waals surface area contributed by atoms with Crippen LogP contribution in [0.25, 0.3) is 0 Å². The number of sulfonamides is 2. The SMILES string of the molecule is CN(C)S(=O)(=O)c1ccc(CNC(=O)COc2ccc(S(=O)(=O)Nc3cccc(C(F)(F)F)c3)cc2)cc1. The number of carbonyl (C=O) groups is 1. The van der Waals surface area contributed by atoms with E-state index < -0.39 is 37.7 Å². The number of ether oxygens (including phenoxy) is 1. The molecule has 3 aromatic rings. The van der Waals surface area contributed by atoms with Gasteiger partial charge in [0.25, 0.3) is 15.9 Å². The van der Waals surface area contributed by atoms with E-state index in [1.165, 1.54) is 56.6 Å². The highest BCUT2D eigenvalue weighted by Crippen LogP contribution is 2.31. The first-order valence-electron chi connectivity index (χ1n) is 10.9. The minimum Gasteiger partial charge on any atom is -0.484 e. The van der Waals surface area contributed by atoms with E-state index in [1.807, 2.05) is 0 Å². The Morgan fingerprint density at radius 2 is 1.50 bits per heavy atom. The van der Waals surface area contributed by atoms with E-state index in [-0.39, 0.29) is 34.4 Å². The Hall–Kier alpha value is -3.62. The number of carbonyl (C=O) groups excluding carboxylic acids is 1. The molecule has 38 heavy (non-hydrogen) atoms. The van der Waals surface area contributed by atoms with Gasteiger partial charge in [0.1, 0.15) is 5.75 Å². The Labute approximate surface area is 218 Å². The molecule has 0 fully saturated rings. The fourth-order valence-electron chi connectivity index (χ4n) is 3.08. The van der Waals surface area contributed by atoms with Gasteiger partial charge in [0.15, 0.2) is 6.61 Å². The van der Waals surface area contributed by atoms with E-state index in [2.05, 4.69) is 10.0 Å². The molecule has 2 N–H and O–H groups in total. The quantitative estimate of drug-likeness (QED) is 0.385. The van der Waals surface area contributed by atoms with Crippen molar-refractivity contribution >= 4 is 31.6 Å². The molecular weight excluding hydrogens is 547 g/mol. The van der Waals surface area contributed by atoms with Crippen LogP contribution >= 0.6 is 0 Å². The molecule has 0 unspecified atom stereocenters. The number of hydrogen-bond donors (Lipinski definition) is 2. The predicted octanol–water partition coefficient (Wildman–Crippen LogP) is 3.45. The van der Waals surface area contributed by atoms with Crippen LogP contribution in [-0.2, 0) is 37.6 Å². The summed E-state index contributed by atoms with van der Waals surface area (Å²) in [5.74, 6) is -0.283. The Balaban J connectivity index is 1.53. The summed E-state index contributed by atoms with van der Waals surface area (Å²) in [7, 11) is -4.88. The number of amides is 1. The van der Waals surface area contributed by atoms with Crippen LogP contribution in [0.2, 0.25) is 0 Å². The molecule has 0 aliphatic rings. The summed E-state index contributed by atoms with van der Waals surface area (Å²) in [5, 5.41) is 2.62. The number of anilines is 1. The summed E-state index contributed by atoms with van der Waals surface area (Å²) in [6.07, 6.45) is -4.62. The molecule has 9 nitrogen and oxygen atoms in total. The zero-order valence-corrected chi connectivity index (χ0v) is 21.8. The van der Waals surface area contributed by atoms with Gasteiger partial charge >= 0.3 is 6.18 Å². The summed E-state index contributed by atoms with van der Waals surface area (Å²) >= 11 is 0. The Morgan fingerprint density at radius 1 is 0.895 bits per heavy atom. The first kappa shape index (κ1) is 28.9. The van der Waals surface area contributed by atoms with Gasteiger partial charge in [-0.2, -0.15) is 13.2 Å². The first-order chi connectivity index (χ1) is 17.7. The van der Waals surface area contributed by atoms with Crippen molar-refractivity contribution in [2.24, 2.45) is 0 Å². The Kier molecular flexibility index (Phi) is 8.69. The summed E-state index contributed by atoms with van der Waals surface area (Å²) in [5.41, 5.74) is -0.571. The molecule has 0 spiro atoms. The molecule has 0 aliphatic carbocycles.